The Labute approximate surface area is 102 Å². The maximum absolute atomic E-state index is 12.9. The molecule has 0 fully saturated rings. The molecule has 0 aliphatic heterocycles. The highest BCUT2D eigenvalue weighted by molar-refractivity contribution is 14.1. The van der Waals surface area contributed by atoms with Gasteiger partial charge in [-0.2, -0.15) is 0 Å². The van der Waals surface area contributed by atoms with Gasteiger partial charge in [-0.25, -0.2) is 12.8 Å². The molecule has 0 saturated carbocycles. The SMILES string of the molecule is O=[N+]([O-])c1cc(F)cc(S(=O)(=O)Cl)c1I. The molecule has 0 N–H and O–H groups in total. The van der Waals surface area contributed by atoms with Gasteiger partial charge >= 0.3 is 0 Å². The highest BCUT2D eigenvalue weighted by Gasteiger charge is 2.24. The number of hydrogen-bond acceptors (Lipinski definition) is 4. The Morgan fingerprint density at radius 2 is 2.00 bits per heavy atom. The molecule has 15 heavy (non-hydrogen) atoms. The van der Waals surface area contributed by atoms with E-state index in [0.717, 1.165) is 0 Å². The van der Waals surface area contributed by atoms with E-state index in [9.17, 15) is 22.9 Å². The zero-order valence-corrected chi connectivity index (χ0v) is 10.5. The zero-order valence-electron chi connectivity index (χ0n) is 6.78. The van der Waals surface area contributed by atoms with Crippen LogP contribution in [0.4, 0.5) is 10.1 Å². The number of rotatable bonds is 2. The second-order valence-corrected chi connectivity index (χ2v) is 6.05. The lowest BCUT2D eigenvalue weighted by atomic mass is 10.3. The number of nitro groups is 1. The van der Waals surface area contributed by atoms with Crippen LogP contribution >= 0.6 is 33.3 Å². The van der Waals surface area contributed by atoms with Crippen molar-refractivity contribution in [1.82, 2.24) is 0 Å². The third-order valence-corrected chi connectivity index (χ3v) is 4.29. The Balaban J connectivity index is 3.63. The molecule has 0 aromatic heterocycles. The van der Waals surface area contributed by atoms with Crippen molar-refractivity contribution in [1.29, 1.82) is 0 Å². The van der Waals surface area contributed by atoms with Crippen LogP contribution < -0.4 is 0 Å². The van der Waals surface area contributed by atoms with Gasteiger partial charge in [0.25, 0.3) is 14.7 Å². The van der Waals surface area contributed by atoms with Crippen molar-refractivity contribution in [2.75, 3.05) is 0 Å². The van der Waals surface area contributed by atoms with E-state index >= 15 is 0 Å². The van der Waals surface area contributed by atoms with Gasteiger partial charge in [0.15, 0.2) is 0 Å². The Morgan fingerprint density at radius 3 is 2.40 bits per heavy atom. The first-order valence-electron chi connectivity index (χ1n) is 3.31. The number of nitrogens with zero attached hydrogens (tertiary/aromatic N) is 1. The van der Waals surface area contributed by atoms with E-state index in [4.69, 9.17) is 10.7 Å². The number of nitro benzene ring substituents is 1. The fraction of sp³-hybridized carbons (Fsp3) is 0. The van der Waals surface area contributed by atoms with E-state index in [0.29, 0.717) is 12.1 Å². The van der Waals surface area contributed by atoms with E-state index < -0.39 is 30.4 Å². The summed E-state index contributed by atoms with van der Waals surface area (Å²) in [6, 6.07) is 1.27. The molecule has 0 atom stereocenters. The number of benzene rings is 1. The van der Waals surface area contributed by atoms with E-state index in [1.54, 1.807) is 0 Å². The molecule has 9 heteroatoms. The largest absolute Gasteiger partial charge is 0.286 e. The van der Waals surface area contributed by atoms with Crippen LogP contribution in [0.1, 0.15) is 0 Å². The molecule has 1 aromatic carbocycles. The Kier molecular flexibility index (Phi) is 3.51. The van der Waals surface area contributed by atoms with Crippen LogP contribution in [0.3, 0.4) is 0 Å². The van der Waals surface area contributed by atoms with Crippen molar-refractivity contribution < 1.29 is 17.7 Å². The molecular formula is C6H2ClFINO4S. The lowest BCUT2D eigenvalue weighted by Crippen LogP contribution is -2.00. The fourth-order valence-electron chi connectivity index (χ4n) is 0.861. The Bertz CT molecular complexity index is 532. The third-order valence-electron chi connectivity index (χ3n) is 1.44. The summed E-state index contributed by atoms with van der Waals surface area (Å²) >= 11 is 1.43. The molecule has 0 amide bonds. The predicted molar refractivity (Wildman–Crippen MR) is 58.8 cm³/mol. The molecular weight excluding hydrogens is 363 g/mol. The predicted octanol–water partition coefficient (Wildman–Crippen LogP) is 2.27. The van der Waals surface area contributed by atoms with Crippen LogP contribution in [-0.2, 0) is 9.05 Å². The first-order valence-corrected chi connectivity index (χ1v) is 6.70. The molecule has 5 nitrogen and oxygen atoms in total. The van der Waals surface area contributed by atoms with Gasteiger partial charge in [-0.3, -0.25) is 10.1 Å². The van der Waals surface area contributed by atoms with E-state index in [2.05, 4.69) is 0 Å². The van der Waals surface area contributed by atoms with E-state index in [1.165, 1.54) is 22.6 Å². The molecule has 0 spiro atoms. The van der Waals surface area contributed by atoms with Gasteiger partial charge in [-0.1, -0.05) is 0 Å². The highest BCUT2D eigenvalue weighted by atomic mass is 127. The van der Waals surface area contributed by atoms with Gasteiger partial charge in [-0.15, -0.1) is 0 Å². The third kappa shape index (κ3) is 2.75. The maximum Gasteiger partial charge on any atom is 0.286 e. The molecule has 82 valence electrons. The molecule has 0 unspecified atom stereocenters. The average Bonchev–Trinajstić information content (AvgIpc) is 2.06. The van der Waals surface area contributed by atoms with E-state index in [-0.39, 0.29) is 3.57 Å². The summed E-state index contributed by atoms with van der Waals surface area (Å²) < 4.78 is 34.6. The molecule has 0 radical (unpaired) electrons. The lowest BCUT2D eigenvalue weighted by Gasteiger charge is -2.01. The van der Waals surface area contributed by atoms with Gasteiger partial charge in [0.1, 0.15) is 14.3 Å². The highest BCUT2D eigenvalue weighted by Crippen LogP contribution is 2.30. The van der Waals surface area contributed by atoms with Gasteiger partial charge in [-0.05, 0) is 28.7 Å². The smallest absolute Gasteiger partial charge is 0.258 e. The fourth-order valence-corrected chi connectivity index (χ4v) is 3.57. The van der Waals surface area contributed by atoms with Crippen molar-refractivity contribution in [3.63, 3.8) is 0 Å². The van der Waals surface area contributed by atoms with Crippen LogP contribution in [0.15, 0.2) is 17.0 Å². The van der Waals surface area contributed by atoms with Crippen LogP contribution in [0, 0.1) is 19.5 Å². The molecule has 0 aliphatic rings. The number of hydrogen-bond donors (Lipinski definition) is 0. The second kappa shape index (κ2) is 4.18. The minimum absolute atomic E-state index is 0.214. The molecule has 1 aromatic rings. The van der Waals surface area contributed by atoms with Crippen LogP contribution in [0.25, 0.3) is 0 Å². The quantitative estimate of drug-likeness (QED) is 0.349. The summed E-state index contributed by atoms with van der Waals surface area (Å²) in [5.41, 5.74) is -0.630. The summed E-state index contributed by atoms with van der Waals surface area (Å²) in [5, 5.41) is 10.4. The minimum Gasteiger partial charge on any atom is -0.258 e. The zero-order chi connectivity index (χ0) is 11.8. The van der Waals surface area contributed by atoms with Crippen molar-refractivity contribution in [3.8, 4) is 0 Å². The molecule has 1 rings (SSSR count). The first-order chi connectivity index (χ1) is 6.73. The summed E-state index contributed by atoms with van der Waals surface area (Å²) in [6.45, 7) is 0. The lowest BCUT2D eigenvalue weighted by molar-refractivity contribution is -0.386. The molecule has 0 saturated heterocycles. The van der Waals surface area contributed by atoms with Crippen LogP contribution in [-0.4, -0.2) is 13.3 Å². The Morgan fingerprint density at radius 1 is 1.47 bits per heavy atom. The Hall–Kier alpha value is -0.480. The van der Waals surface area contributed by atoms with Gasteiger partial charge in [0, 0.05) is 10.7 Å². The first kappa shape index (κ1) is 12.6. The minimum atomic E-state index is -4.19. The maximum atomic E-state index is 12.9. The molecule has 0 aliphatic carbocycles. The summed E-state index contributed by atoms with van der Waals surface area (Å²) in [6.07, 6.45) is 0. The summed E-state index contributed by atoms with van der Waals surface area (Å²) in [4.78, 5) is 8.97. The van der Waals surface area contributed by atoms with Crippen LogP contribution in [0.2, 0.25) is 0 Å². The van der Waals surface area contributed by atoms with Crippen molar-refractivity contribution in [2.24, 2.45) is 0 Å². The number of halogens is 3. The summed E-state index contributed by atoms with van der Waals surface area (Å²) in [7, 11) is 0.799. The average molecular weight is 366 g/mol. The van der Waals surface area contributed by atoms with Crippen LogP contribution in [0.5, 0.6) is 0 Å². The monoisotopic (exact) mass is 365 g/mol. The normalized spacial score (nSPS) is 11.4. The molecule has 0 heterocycles. The molecule has 0 bridgehead atoms. The topological polar surface area (TPSA) is 77.3 Å². The van der Waals surface area contributed by atoms with E-state index in [1.807, 2.05) is 0 Å². The second-order valence-electron chi connectivity index (χ2n) is 2.43. The van der Waals surface area contributed by atoms with Gasteiger partial charge in [0.2, 0.25) is 0 Å². The van der Waals surface area contributed by atoms with Crippen molar-refractivity contribution in [3.05, 3.63) is 31.6 Å². The van der Waals surface area contributed by atoms with Crippen molar-refractivity contribution >= 4 is 48.0 Å². The standard InChI is InChI=1S/C6H2ClFINO4S/c7-15(13,14)5-2-3(8)1-4(6(5)9)10(11)12/h1-2H. The summed E-state index contributed by atoms with van der Waals surface area (Å²) in [5.74, 6) is -1.03. The van der Waals surface area contributed by atoms with Gasteiger partial charge < -0.3 is 0 Å². The van der Waals surface area contributed by atoms with Gasteiger partial charge in [0.05, 0.1) is 11.0 Å². The van der Waals surface area contributed by atoms with Crippen molar-refractivity contribution in [2.45, 2.75) is 4.90 Å².